The summed E-state index contributed by atoms with van der Waals surface area (Å²) in [5.41, 5.74) is 5.04. The number of rotatable bonds is 4. The molecule has 2 rings (SSSR count). The van der Waals surface area contributed by atoms with Crippen molar-refractivity contribution in [3.05, 3.63) is 41.4 Å². The molecule has 0 aliphatic carbocycles. The van der Waals surface area contributed by atoms with E-state index in [1.807, 2.05) is 24.3 Å². The van der Waals surface area contributed by atoms with Gasteiger partial charge in [-0.05, 0) is 35.0 Å². The lowest BCUT2D eigenvalue weighted by molar-refractivity contribution is -0.117. The second kappa shape index (κ2) is 5.50. The van der Waals surface area contributed by atoms with Crippen LogP contribution in [0.3, 0.4) is 0 Å². The average molecular weight is 282 g/mol. The standard InChI is InChI=1S/C13H12ClNO2S/c14-11-3-1-10-8-12(4-2-9(10)7-11)18(17)6-5-13(15)16/h1-4,7-8H,5-6H2,(H2,15,16). The number of nitrogens with two attached hydrogens (primary N) is 1. The molecule has 1 amide bonds. The molecule has 2 aromatic carbocycles. The molecular formula is C13H12ClNO2S. The van der Waals surface area contributed by atoms with E-state index in [1.54, 1.807) is 12.1 Å². The third kappa shape index (κ3) is 3.09. The van der Waals surface area contributed by atoms with Crippen molar-refractivity contribution in [1.82, 2.24) is 0 Å². The molecule has 3 nitrogen and oxygen atoms in total. The topological polar surface area (TPSA) is 60.2 Å². The second-order valence-electron chi connectivity index (χ2n) is 3.92. The summed E-state index contributed by atoms with van der Waals surface area (Å²) >= 11 is 5.89. The molecular weight excluding hydrogens is 270 g/mol. The maximum Gasteiger partial charge on any atom is 0.218 e. The first kappa shape index (κ1) is 13.1. The number of amides is 1. The Labute approximate surface area is 112 Å². The fourth-order valence-corrected chi connectivity index (χ4v) is 2.93. The van der Waals surface area contributed by atoms with Gasteiger partial charge in [0.15, 0.2) is 0 Å². The lowest BCUT2D eigenvalue weighted by atomic mass is 10.1. The Kier molecular flexibility index (Phi) is 3.99. The summed E-state index contributed by atoms with van der Waals surface area (Å²) in [6.45, 7) is 0. The first-order chi connectivity index (χ1) is 8.56. The maximum absolute atomic E-state index is 11.9. The summed E-state index contributed by atoms with van der Waals surface area (Å²) < 4.78 is 11.9. The number of carbonyl (C=O) groups excluding carboxylic acids is 1. The van der Waals surface area contributed by atoms with Gasteiger partial charge in [0.1, 0.15) is 0 Å². The Morgan fingerprint density at radius 1 is 1.17 bits per heavy atom. The highest BCUT2D eigenvalue weighted by atomic mass is 35.5. The maximum atomic E-state index is 11.9. The summed E-state index contributed by atoms with van der Waals surface area (Å²) in [6, 6.07) is 11.0. The Morgan fingerprint density at radius 3 is 2.56 bits per heavy atom. The molecule has 0 aliphatic heterocycles. The van der Waals surface area contributed by atoms with Crippen LogP contribution in [-0.2, 0) is 15.6 Å². The minimum Gasteiger partial charge on any atom is -0.370 e. The summed E-state index contributed by atoms with van der Waals surface area (Å²) in [5.74, 6) is -0.176. The fourth-order valence-electron chi connectivity index (χ4n) is 1.65. The van der Waals surface area contributed by atoms with Gasteiger partial charge in [0.05, 0.1) is 10.8 Å². The van der Waals surface area contributed by atoms with Crippen LogP contribution < -0.4 is 5.73 Å². The summed E-state index contributed by atoms with van der Waals surface area (Å²) in [6.07, 6.45) is 0.130. The molecule has 0 fully saturated rings. The fraction of sp³-hybridized carbons (Fsp3) is 0.154. The molecule has 0 spiro atoms. The molecule has 0 bridgehead atoms. The van der Waals surface area contributed by atoms with Gasteiger partial charge in [-0.2, -0.15) is 0 Å². The molecule has 0 heterocycles. The first-order valence-corrected chi connectivity index (χ1v) is 7.12. The molecule has 18 heavy (non-hydrogen) atoms. The van der Waals surface area contributed by atoms with Crippen LogP contribution in [0.4, 0.5) is 0 Å². The van der Waals surface area contributed by atoms with E-state index < -0.39 is 16.7 Å². The minimum atomic E-state index is -1.20. The lowest BCUT2D eigenvalue weighted by Gasteiger charge is -2.04. The van der Waals surface area contributed by atoms with Crippen molar-refractivity contribution in [1.29, 1.82) is 0 Å². The molecule has 0 aromatic heterocycles. The van der Waals surface area contributed by atoms with E-state index in [0.29, 0.717) is 9.92 Å². The van der Waals surface area contributed by atoms with Crippen LogP contribution in [0, 0.1) is 0 Å². The van der Waals surface area contributed by atoms with Gasteiger partial charge in [-0.25, -0.2) is 0 Å². The summed E-state index contributed by atoms with van der Waals surface area (Å²) in [7, 11) is -1.20. The van der Waals surface area contributed by atoms with Crippen LogP contribution in [0.15, 0.2) is 41.3 Å². The number of benzene rings is 2. The third-order valence-corrected chi connectivity index (χ3v) is 4.16. The van der Waals surface area contributed by atoms with E-state index in [9.17, 15) is 9.00 Å². The average Bonchev–Trinajstić information content (AvgIpc) is 2.35. The highest BCUT2D eigenvalue weighted by molar-refractivity contribution is 7.85. The van der Waals surface area contributed by atoms with Gasteiger partial charge in [0.2, 0.25) is 5.91 Å². The smallest absolute Gasteiger partial charge is 0.218 e. The lowest BCUT2D eigenvalue weighted by Crippen LogP contribution is -2.14. The van der Waals surface area contributed by atoms with E-state index >= 15 is 0 Å². The number of hydrogen-bond acceptors (Lipinski definition) is 2. The van der Waals surface area contributed by atoms with E-state index in [-0.39, 0.29) is 12.2 Å². The van der Waals surface area contributed by atoms with Crippen LogP contribution >= 0.6 is 11.6 Å². The Bertz CT molecular complexity index is 627. The van der Waals surface area contributed by atoms with Gasteiger partial charge in [-0.3, -0.25) is 9.00 Å². The molecule has 0 aliphatic rings. The minimum absolute atomic E-state index is 0.130. The van der Waals surface area contributed by atoms with Gasteiger partial charge in [-0.15, -0.1) is 0 Å². The van der Waals surface area contributed by atoms with Crippen molar-refractivity contribution in [3.63, 3.8) is 0 Å². The molecule has 2 N–H and O–H groups in total. The van der Waals surface area contributed by atoms with Crippen molar-refractivity contribution < 1.29 is 9.00 Å². The van der Waals surface area contributed by atoms with Crippen molar-refractivity contribution in [2.45, 2.75) is 11.3 Å². The van der Waals surface area contributed by atoms with E-state index in [4.69, 9.17) is 17.3 Å². The van der Waals surface area contributed by atoms with Gasteiger partial charge in [-0.1, -0.05) is 23.7 Å². The predicted octanol–water partition coefficient (Wildman–Crippen LogP) is 2.48. The summed E-state index contributed by atoms with van der Waals surface area (Å²) in [4.78, 5) is 11.4. The normalized spacial score (nSPS) is 12.5. The number of carbonyl (C=O) groups is 1. The zero-order valence-corrected chi connectivity index (χ0v) is 11.1. The van der Waals surface area contributed by atoms with Crippen LogP contribution in [0.2, 0.25) is 5.02 Å². The quantitative estimate of drug-likeness (QED) is 0.936. The molecule has 2 aromatic rings. The third-order valence-electron chi connectivity index (χ3n) is 2.57. The molecule has 1 unspecified atom stereocenters. The zero-order chi connectivity index (χ0) is 13.1. The largest absolute Gasteiger partial charge is 0.370 e. The zero-order valence-electron chi connectivity index (χ0n) is 9.56. The molecule has 0 saturated heterocycles. The molecule has 1 atom stereocenters. The highest BCUT2D eigenvalue weighted by Gasteiger charge is 2.06. The van der Waals surface area contributed by atoms with Crippen LogP contribution in [0.5, 0.6) is 0 Å². The van der Waals surface area contributed by atoms with E-state index in [0.717, 1.165) is 10.8 Å². The number of hydrogen-bond donors (Lipinski definition) is 1. The Balaban J connectivity index is 2.27. The van der Waals surface area contributed by atoms with Crippen molar-refractivity contribution in [2.24, 2.45) is 5.73 Å². The number of primary amides is 1. The highest BCUT2D eigenvalue weighted by Crippen LogP contribution is 2.22. The number of halogens is 1. The van der Waals surface area contributed by atoms with Crippen LogP contribution in [0.25, 0.3) is 10.8 Å². The van der Waals surface area contributed by atoms with Crippen molar-refractivity contribution in [3.8, 4) is 0 Å². The van der Waals surface area contributed by atoms with Gasteiger partial charge < -0.3 is 5.73 Å². The van der Waals surface area contributed by atoms with Gasteiger partial charge >= 0.3 is 0 Å². The second-order valence-corrected chi connectivity index (χ2v) is 5.93. The molecule has 0 radical (unpaired) electrons. The Morgan fingerprint density at radius 2 is 1.83 bits per heavy atom. The molecule has 5 heteroatoms. The predicted molar refractivity (Wildman–Crippen MR) is 74.0 cm³/mol. The SMILES string of the molecule is NC(=O)CCS(=O)c1ccc2cc(Cl)ccc2c1. The van der Waals surface area contributed by atoms with Gasteiger partial charge in [0.25, 0.3) is 0 Å². The van der Waals surface area contributed by atoms with Crippen molar-refractivity contribution >= 4 is 39.1 Å². The van der Waals surface area contributed by atoms with Crippen molar-refractivity contribution in [2.75, 3.05) is 5.75 Å². The van der Waals surface area contributed by atoms with Crippen LogP contribution in [-0.4, -0.2) is 15.9 Å². The van der Waals surface area contributed by atoms with Crippen LogP contribution in [0.1, 0.15) is 6.42 Å². The van der Waals surface area contributed by atoms with E-state index in [2.05, 4.69) is 0 Å². The molecule has 94 valence electrons. The van der Waals surface area contributed by atoms with E-state index in [1.165, 1.54) is 0 Å². The van der Waals surface area contributed by atoms with Gasteiger partial charge in [0, 0.05) is 22.1 Å². The Hall–Kier alpha value is -1.39. The number of fused-ring (bicyclic) bond motifs is 1. The molecule has 0 saturated carbocycles. The summed E-state index contributed by atoms with van der Waals surface area (Å²) in [5, 5.41) is 2.65. The monoisotopic (exact) mass is 281 g/mol. The first-order valence-electron chi connectivity index (χ1n) is 5.42.